The molecule has 186 valence electrons. The molecule has 1 fully saturated rings. The first-order valence-corrected chi connectivity index (χ1v) is 12.1. The molecule has 2 amide bonds. The Morgan fingerprint density at radius 2 is 1.86 bits per heavy atom. The lowest BCUT2D eigenvalue weighted by Gasteiger charge is -2.38. The number of amides is 2. The summed E-state index contributed by atoms with van der Waals surface area (Å²) in [6.07, 6.45) is 2.18. The third kappa shape index (κ3) is 5.93. The highest BCUT2D eigenvalue weighted by atomic mass is 16.5. The molecule has 2 N–H and O–H groups in total. The molecule has 8 heteroatoms. The molecular weight excluding hydrogens is 446 g/mol. The molecule has 0 aliphatic carbocycles. The zero-order valence-corrected chi connectivity index (χ0v) is 20.3. The summed E-state index contributed by atoms with van der Waals surface area (Å²) < 4.78 is 11.0. The first-order valence-electron chi connectivity index (χ1n) is 12.1. The van der Waals surface area contributed by atoms with Crippen LogP contribution in [0.15, 0.2) is 47.5 Å². The van der Waals surface area contributed by atoms with Gasteiger partial charge in [-0.25, -0.2) is 4.79 Å². The fourth-order valence-corrected chi connectivity index (χ4v) is 5.09. The summed E-state index contributed by atoms with van der Waals surface area (Å²) in [6.45, 7) is 2.18. The second kappa shape index (κ2) is 11.3. The molecular formula is C27H33N3O5. The maximum atomic E-state index is 12.9. The minimum absolute atomic E-state index is 0.000113. The highest BCUT2D eigenvalue weighted by molar-refractivity contribution is 6.03. The summed E-state index contributed by atoms with van der Waals surface area (Å²) in [5, 5.41) is 12.5. The Morgan fingerprint density at radius 3 is 2.57 bits per heavy atom. The number of carbonyl (C=O) groups excluding carboxylic acids is 1. The Bertz CT molecular complexity index is 1090. The number of carboxylic acids is 1. The third-order valence-corrected chi connectivity index (χ3v) is 6.96. The fraction of sp³-hybridized carbons (Fsp3) is 0.444. The van der Waals surface area contributed by atoms with Gasteiger partial charge in [-0.15, -0.1) is 0 Å². The first kappa shape index (κ1) is 24.6. The van der Waals surface area contributed by atoms with E-state index in [0.29, 0.717) is 50.5 Å². The van der Waals surface area contributed by atoms with Gasteiger partial charge in [0.15, 0.2) is 11.5 Å². The van der Waals surface area contributed by atoms with E-state index in [1.807, 2.05) is 47.4 Å². The number of nitrogens with one attached hydrogen (secondary N) is 1. The molecule has 8 nitrogen and oxygen atoms in total. The number of aliphatic carboxylic acids is 1. The van der Waals surface area contributed by atoms with Crippen LogP contribution in [-0.2, 0) is 17.8 Å². The number of piperidine rings is 1. The van der Waals surface area contributed by atoms with E-state index in [1.54, 1.807) is 14.2 Å². The number of benzene rings is 2. The van der Waals surface area contributed by atoms with Gasteiger partial charge in [-0.1, -0.05) is 30.3 Å². The average Bonchev–Trinajstić information content (AvgIpc) is 2.88. The number of carbonyl (C=O) groups is 2. The van der Waals surface area contributed by atoms with Gasteiger partial charge < -0.3 is 24.8 Å². The van der Waals surface area contributed by atoms with Crippen LogP contribution in [0, 0.1) is 11.8 Å². The maximum absolute atomic E-state index is 12.9. The minimum Gasteiger partial charge on any atom is -0.493 e. The van der Waals surface area contributed by atoms with Crippen LogP contribution in [0.1, 0.15) is 36.0 Å². The van der Waals surface area contributed by atoms with Crippen LogP contribution in [0.4, 0.5) is 4.79 Å². The zero-order chi connectivity index (χ0) is 24.8. The minimum atomic E-state index is -0.806. The van der Waals surface area contributed by atoms with Gasteiger partial charge in [-0.05, 0) is 54.4 Å². The number of aliphatic imine (C=N–C) groups is 1. The van der Waals surface area contributed by atoms with Gasteiger partial charge in [-0.2, -0.15) is 0 Å². The van der Waals surface area contributed by atoms with Crippen molar-refractivity contribution in [1.29, 1.82) is 0 Å². The molecule has 0 aromatic heterocycles. The molecule has 2 heterocycles. The Kier molecular flexibility index (Phi) is 7.90. The van der Waals surface area contributed by atoms with E-state index >= 15 is 0 Å². The fourth-order valence-electron chi connectivity index (χ4n) is 5.09. The van der Waals surface area contributed by atoms with Crippen molar-refractivity contribution in [3.05, 3.63) is 59.2 Å². The number of hydrogen-bond donors (Lipinski definition) is 2. The van der Waals surface area contributed by atoms with Crippen molar-refractivity contribution < 1.29 is 24.2 Å². The molecule has 2 aromatic carbocycles. The van der Waals surface area contributed by atoms with Crippen molar-refractivity contribution in [2.24, 2.45) is 16.8 Å². The molecule has 0 bridgehead atoms. The number of fused-ring (bicyclic) bond motifs is 1. The van der Waals surface area contributed by atoms with Gasteiger partial charge in [0.05, 0.1) is 14.2 Å². The Hall–Kier alpha value is -3.55. The van der Waals surface area contributed by atoms with Crippen LogP contribution in [0.2, 0.25) is 0 Å². The Morgan fingerprint density at radius 1 is 1.11 bits per heavy atom. The highest BCUT2D eigenvalue weighted by Crippen LogP contribution is 2.36. The predicted octanol–water partition coefficient (Wildman–Crippen LogP) is 3.76. The molecule has 4 rings (SSSR count). The molecule has 2 aliphatic heterocycles. The van der Waals surface area contributed by atoms with Gasteiger partial charge in [0.2, 0.25) is 0 Å². The summed E-state index contributed by atoms with van der Waals surface area (Å²) in [7, 11) is 3.23. The van der Waals surface area contributed by atoms with Crippen molar-refractivity contribution in [3.63, 3.8) is 0 Å². The molecule has 0 radical (unpaired) electrons. The number of rotatable bonds is 8. The largest absolute Gasteiger partial charge is 0.493 e. The van der Waals surface area contributed by atoms with E-state index in [0.717, 1.165) is 28.8 Å². The van der Waals surface area contributed by atoms with Crippen LogP contribution < -0.4 is 14.8 Å². The number of likely N-dealkylation sites (tertiary alicyclic amines) is 1. The summed E-state index contributed by atoms with van der Waals surface area (Å²) in [6, 6.07) is 13.6. The SMILES string of the molecule is COc1cc2c(cc1OC)C(CC1CN(C(=O)NCc3ccccc3)CCC1CC(=O)O)=NCC2. The number of hydrogen-bond acceptors (Lipinski definition) is 5. The lowest BCUT2D eigenvalue weighted by Crippen LogP contribution is -2.48. The molecule has 0 spiro atoms. The Labute approximate surface area is 206 Å². The summed E-state index contributed by atoms with van der Waals surface area (Å²) in [4.78, 5) is 31.1. The molecule has 35 heavy (non-hydrogen) atoms. The Balaban J connectivity index is 1.50. The van der Waals surface area contributed by atoms with Crippen LogP contribution in [-0.4, -0.2) is 61.6 Å². The van der Waals surface area contributed by atoms with Crippen molar-refractivity contribution >= 4 is 17.7 Å². The summed E-state index contributed by atoms with van der Waals surface area (Å²) in [5.74, 6) is 0.516. The smallest absolute Gasteiger partial charge is 0.317 e. The molecule has 2 aromatic rings. The standard InChI is InChI=1S/C27H33N3O5/c1-34-24-13-20-8-10-28-23(22(20)15-25(24)35-2)12-21-17-30(11-9-19(21)14-26(31)32)27(33)29-16-18-6-4-3-5-7-18/h3-7,13,15,19,21H,8-12,14,16-17H2,1-2H3,(H,29,33)(H,31,32). The van der Waals surface area contributed by atoms with Crippen LogP contribution in [0.25, 0.3) is 0 Å². The van der Waals surface area contributed by atoms with Gasteiger partial charge in [0.25, 0.3) is 0 Å². The van der Waals surface area contributed by atoms with Crippen LogP contribution in [0.5, 0.6) is 11.5 Å². The summed E-state index contributed by atoms with van der Waals surface area (Å²) in [5.41, 5.74) is 4.15. The monoisotopic (exact) mass is 479 g/mol. The van der Waals surface area contributed by atoms with Gasteiger partial charge in [0.1, 0.15) is 0 Å². The van der Waals surface area contributed by atoms with E-state index in [1.165, 1.54) is 0 Å². The van der Waals surface area contributed by atoms with E-state index in [2.05, 4.69) is 5.32 Å². The van der Waals surface area contributed by atoms with Crippen molar-refractivity contribution in [1.82, 2.24) is 10.2 Å². The third-order valence-electron chi connectivity index (χ3n) is 6.96. The van der Waals surface area contributed by atoms with Crippen LogP contribution in [0.3, 0.4) is 0 Å². The predicted molar refractivity (Wildman–Crippen MR) is 133 cm³/mol. The van der Waals surface area contributed by atoms with Crippen LogP contribution >= 0.6 is 0 Å². The number of carboxylic acid groups (broad SMARTS) is 1. The van der Waals surface area contributed by atoms with Crippen molar-refractivity contribution in [2.45, 2.75) is 32.2 Å². The van der Waals surface area contributed by atoms with Gasteiger partial charge in [-0.3, -0.25) is 9.79 Å². The van der Waals surface area contributed by atoms with Gasteiger partial charge in [0, 0.05) is 43.9 Å². The second-order valence-electron chi connectivity index (χ2n) is 9.14. The molecule has 1 saturated heterocycles. The second-order valence-corrected chi connectivity index (χ2v) is 9.14. The summed E-state index contributed by atoms with van der Waals surface area (Å²) >= 11 is 0. The van der Waals surface area contributed by atoms with Crippen molar-refractivity contribution in [3.8, 4) is 11.5 Å². The highest BCUT2D eigenvalue weighted by Gasteiger charge is 2.34. The van der Waals surface area contributed by atoms with Gasteiger partial charge >= 0.3 is 12.0 Å². The number of ether oxygens (including phenoxy) is 2. The van der Waals surface area contributed by atoms with Crippen molar-refractivity contribution in [2.75, 3.05) is 33.9 Å². The lowest BCUT2D eigenvalue weighted by molar-refractivity contribution is -0.138. The maximum Gasteiger partial charge on any atom is 0.317 e. The van der Waals surface area contributed by atoms with E-state index in [4.69, 9.17) is 14.5 Å². The average molecular weight is 480 g/mol. The molecule has 2 aliphatic rings. The quantitative estimate of drug-likeness (QED) is 0.601. The molecule has 0 saturated carbocycles. The number of nitrogens with zero attached hydrogens (tertiary/aromatic N) is 2. The molecule has 2 atom stereocenters. The zero-order valence-electron chi connectivity index (χ0n) is 20.3. The van der Waals surface area contributed by atoms with E-state index < -0.39 is 5.97 Å². The number of urea groups is 1. The van der Waals surface area contributed by atoms with E-state index in [9.17, 15) is 14.7 Å². The first-order chi connectivity index (χ1) is 17.0. The number of methoxy groups -OCH3 is 2. The topological polar surface area (TPSA) is 100 Å². The lowest BCUT2D eigenvalue weighted by atomic mass is 9.78. The normalized spacial score (nSPS) is 19.4. The molecule has 2 unspecified atom stereocenters. The van der Waals surface area contributed by atoms with E-state index in [-0.39, 0.29) is 24.3 Å².